The van der Waals surface area contributed by atoms with Gasteiger partial charge in [0.05, 0.1) is 13.7 Å². The van der Waals surface area contributed by atoms with Crippen molar-refractivity contribution in [2.24, 2.45) is 0 Å². The molecular weight excluding hydrogens is 610 g/mol. The van der Waals surface area contributed by atoms with Crippen molar-refractivity contribution in [2.75, 3.05) is 13.7 Å². The molecule has 4 atom stereocenters. The van der Waals surface area contributed by atoms with E-state index in [9.17, 15) is 33.9 Å². The molecule has 0 fully saturated rings. The van der Waals surface area contributed by atoms with Crippen molar-refractivity contribution in [3.8, 4) is 0 Å². The molecule has 1 aromatic rings. The number of rotatable bonds is 23. The molecule has 262 valence electrons. The number of aliphatic hydroxyl groups excluding tert-OH is 1. The Bertz CT molecular complexity index is 1160. The van der Waals surface area contributed by atoms with Gasteiger partial charge in [-0.1, -0.05) is 82.0 Å². The number of unbranched alkanes of at least 4 members (excludes halogenated alkanes) is 4. The summed E-state index contributed by atoms with van der Waals surface area (Å²) in [7, 11) is 1.16. The minimum Gasteiger partial charge on any atom is -0.467 e. The fourth-order valence-electron chi connectivity index (χ4n) is 4.17. The Kier molecular flexibility index (Phi) is 20.8. The highest BCUT2D eigenvalue weighted by Gasteiger charge is 2.26. The van der Waals surface area contributed by atoms with Crippen LogP contribution in [-0.2, 0) is 49.6 Å². The summed E-state index contributed by atoms with van der Waals surface area (Å²) >= 11 is 0. The third-order valence-corrected chi connectivity index (χ3v) is 6.98. The van der Waals surface area contributed by atoms with E-state index in [1.54, 1.807) is 24.3 Å². The summed E-state index contributed by atoms with van der Waals surface area (Å²) < 4.78 is 15.0. The quantitative estimate of drug-likeness (QED) is 0.0588. The topological polar surface area (TPSA) is 186 Å². The van der Waals surface area contributed by atoms with Crippen LogP contribution in [0.1, 0.15) is 90.5 Å². The summed E-state index contributed by atoms with van der Waals surface area (Å²) in [4.78, 5) is 75.4. The van der Waals surface area contributed by atoms with Crippen molar-refractivity contribution in [2.45, 2.75) is 116 Å². The van der Waals surface area contributed by atoms with E-state index in [4.69, 9.17) is 9.47 Å². The SMILES string of the molecule is CCCCCCC(=O)N[C@H](CCC(=O)N[C@@H](/C=C/CC(O)C(=O)OCCCC)C(=O)N[C@H](C)C(=O)OC)C(=O)OCc1ccccc1. The highest BCUT2D eigenvalue weighted by molar-refractivity contribution is 5.92. The average molecular weight is 662 g/mol. The Labute approximate surface area is 277 Å². The van der Waals surface area contributed by atoms with E-state index in [-0.39, 0.29) is 44.8 Å². The van der Waals surface area contributed by atoms with E-state index in [1.165, 1.54) is 19.1 Å². The molecule has 0 aliphatic rings. The summed E-state index contributed by atoms with van der Waals surface area (Å²) in [6.45, 7) is 5.54. The summed E-state index contributed by atoms with van der Waals surface area (Å²) in [5.41, 5.74) is 0.754. The van der Waals surface area contributed by atoms with E-state index >= 15 is 0 Å². The van der Waals surface area contributed by atoms with Gasteiger partial charge in [0, 0.05) is 19.3 Å². The van der Waals surface area contributed by atoms with Crippen LogP contribution in [0.4, 0.5) is 0 Å². The number of hydrogen-bond acceptors (Lipinski definition) is 10. The zero-order valence-corrected chi connectivity index (χ0v) is 28.0. The molecule has 0 saturated heterocycles. The predicted molar refractivity (Wildman–Crippen MR) is 173 cm³/mol. The number of hydrogen-bond donors (Lipinski definition) is 4. The van der Waals surface area contributed by atoms with Gasteiger partial charge in [-0.15, -0.1) is 0 Å². The number of carbonyl (C=O) groups excluding carboxylic acids is 6. The van der Waals surface area contributed by atoms with Crippen LogP contribution in [0.5, 0.6) is 0 Å². The largest absolute Gasteiger partial charge is 0.467 e. The standard InChI is InChI=1S/C34H51N3O10/c1-5-7-9-13-19-29(39)37-27(33(43)47-23-25-15-11-10-12-16-25)20-21-30(40)36-26(31(41)35-24(3)32(42)45-4)17-14-18-28(38)34(44)46-22-8-6-2/h10-12,14-17,24,26-28,38H,5-9,13,18-23H2,1-4H3,(H,35,41)(H,36,40)(H,37,39)/b17-14+/t24-,26+,27-,28?/m1/s1. The molecule has 47 heavy (non-hydrogen) atoms. The number of nitrogens with one attached hydrogen (secondary N) is 3. The van der Waals surface area contributed by atoms with Gasteiger partial charge in [-0.25, -0.2) is 14.4 Å². The van der Waals surface area contributed by atoms with Crippen molar-refractivity contribution < 1.29 is 48.1 Å². The van der Waals surface area contributed by atoms with Crippen LogP contribution in [0, 0.1) is 0 Å². The molecule has 0 spiro atoms. The monoisotopic (exact) mass is 661 g/mol. The van der Waals surface area contributed by atoms with Crippen molar-refractivity contribution in [3.63, 3.8) is 0 Å². The molecule has 1 unspecified atom stereocenters. The zero-order valence-electron chi connectivity index (χ0n) is 28.0. The first-order valence-corrected chi connectivity index (χ1v) is 16.2. The maximum absolute atomic E-state index is 13.0. The second-order valence-electron chi connectivity index (χ2n) is 11.1. The first-order chi connectivity index (χ1) is 22.5. The molecule has 0 heterocycles. The molecule has 4 N–H and O–H groups in total. The Morgan fingerprint density at radius 2 is 1.49 bits per heavy atom. The highest BCUT2D eigenvalue weighted by atomic mass is 16.5. The molecule has 0 aliphatic carbocycles. The second-order valence-corrected chi connectivity index (χ2v) is 11.1. The maximum atomic E-state index is 13.0. The Hall–Kier alpha value is -4.26. The van der Waals surface area contributed by atoms with E-state index in [0.717, 1.165) is 38.4 Å². The molecule has 0 aromatic heterocycles. The lowest BCUT2D eigenvalue weighted by Crippen LogP contribution is -2.50. The van der Waals surface area contributed by atoms with Crippen LogP contribution in [0.2, 0.25) is 0 Å². The number of methoxy groups -OCH3 is 1. The van der Waals surface area contributed by atoms with Crippen LogP contribution in [0.25, 0.3) is 0 Å². The number of esters is 3. The van der Waals surface area contributed by atoms with Gasteiger partial charge in [0.2, 0.25) is 17.7 Å². The summed E-state index contributed by atoms with van der Waals surface area (Å²) in [6.07, 6.45) is 5.75. The van der Waals surface area contributed by atoms with Crippen LogP contribution in [-0.4, -0.2) is 78.7 Å². The van der Waals surface area contributed by atoms with Gasteiger partial charge < -0.3 is 35.3 Å². The third-order valence-electron chi connectivity index (χ3n) is 6.98. The molecule has 0 bridgehead atoms. The van der Waals surface area contributed by atoms with Gasteiger partial charge in [0.25, 0.3) is 0 Å². The van der Waals surface area contributed by atoms with Gasteiger partial charge in [-0.3, -0.25) is 14.4 Å². The van der Waals surface area contributed by atoms with Crippen LogP contribution < -0.4 is 16.0 Å². The van der Waals surface area contributed by atoms with Gasteiger partial charge >= 0.3 is 17.9 Å². The predicted octanol–water partition coefficient (Wildman–Crippen LogP) is 2.78. The van der Waals surface area contributed by atoms with E-state index in [2.05, 4.69) is 27.6 Å². The van der Waals surface area contributed by atoms with E-state index in [0.29, 0.717) is 12.8 Å². The molecular formula is C34H51N3O10. The van der Waals surface area contributed by atoms with Crippen molar-refractivity contribution in [1.82, 2.24) is 16.0 Å². The number of amides is 3. The molecule has 0 radical (unpaired) electrons. The summed E-state index contributed by atoms with van der Waals surface area (Å²) in [6, 6.07) is 5.55. The first kappa shape index (κ1) is 40.8. The molecule has 3 amide bonds. The Balaban J connectivity index is 2.95. The van der Waals surface area contributed by atoms with Gasteiger partial charge in [-0.2, -0.15) is 0 Å². The number of benzene rings is 1. The molecule has 13 nitrogen and oxygen atoms in total. The summed E-state index contributed by atoms with van der Waals surface area (Å²) in [5, 5.41) is 17.7. The Morgan fingerprint density at radius 3 is 2.15 bits per heavy atom. The maximum Gasteiger partial charge on any atom is 0.335 e. The smallest absolute Gasteiger partial charge is 0.335 e. The van der Waals surface area contributed by atoms with Crippen LogP contribution in [0.15, 0.2) is 42.5 Å². The van der Waals surface area contributed by atoms with E-state index in [1.807, 2.05) is 13.0 Å². The average Bonchev–Trinajstić information content (AvgIpc) is 3.06. The zero-order chi connectivity index (χ0) is 35.0. The molecule has 0 saturated carbocycles. The second kappa shape index (κ2) is 24.0. The first-order valence-electron chi connectivity index (χ1n) is 16.2. The normalized spacial score (nSPS) is 13.5. The van der Waals surface area contributed by atoms with Crippen molar-refractivity contribution >= 4 is 35.6 Å². The van der Waals surface area contributed by atoms with Gasteiger partial charge in [-0.05, 0) is 31.7 Å². The molecule has 1 rings (SSSR count). The molecule has 0 aliphatic heterocycles. The number of aliphatic hydroxyl groups is 1. The lowest BCUT2D eigenvalue weighted by atomic mass is 10.1. The lowest BCUT2D eigenvalue weighted by molar-refractivity contribution is -0.153. The lowest BCUT2D eigenvalue weighted by Gasteiger charge is -2.20. The molecule has 13 heteroatoms. The molecule has 1 aromatic carbocycles. The third kappa shape index (κ3) is 17.9. The van der Waals surface area contributed by atoms with Crippen molar-refractivity contribution in [3.05, 3.63) is 48.0 Å². The number of ether oxygens (including phenoxy) is 3. The number of carbonyl (C=O) groups is 6. The minimum absolute atomic E-state index is 0.0157. The van der Waals surface area contributed by atoms with E-state index < -0.39 is 54.0 Å². The fraction of sp³-hybridized carbons (Fsp3) is 0.588. The highest BCUT2D eigenvalue weighted by Crippen LogP contribution is 2.09. The van der Waals surface area contributed by atoms with Crippen molar-refractivity contribution in [1.29, 1.82) is 0 Å². The minimum atomic E-state index is -1.48. The fourth-order valence-corrected chi connectivity index (χ4v) is 4.17. The van der Waals surface area contributed by atoms with Crippen LogP contribution >= 0.6 is 0 Å². The van der Waals surface area contributed by atoms with Gasteiger partial charge in [0.15, 0.2) is 6.10 Å². The van der Waals surface area contributed by atoms with Gasteiger partial charge in [0.1, 0.15) is 24.7 Å². The van der Waals surface area contributed by atoms with Crippen LogP contribution in [0.3, 0.4) is 0 Å². The summed E-state index contributed by atoms with van der Waals surface area (Å²) in [5.74, 6) is -3.97. The Morgan fingerprint density at radius 1 is 0.809 bits per heavy atom.